The zero-order valence-electron chi connectivity index (χ0n) is 13.1. The van der Waals surface area contributed by atoms with Crippen LogP contribution in [0.3, 0.4) is 0 Å². The van der Waals surface area contributed by atoms with Crippen molar-refractivity contribution in [1.82, 2.24) is 20.0 Å². The zero-order chi connectivity index (χ0) is 15.5. The van der Waals surface area contributed by atoms with Gasteiger partial charge in [-0.1, -0.05) is 30.3 Å². The fourth-order valence-electron chi connectivity index (χ4n) is 3.02. The van der Waals surface area contributed by atoms with Crippen LogP contribution in [0.4, 0.5) is 0 Å². The second-order valence-corrected chi connectivity index (χ2v) is 5.97. The molecular weight excluding hydrogens is 276 g/mol. The zero-order valence-corrected chi connectivity index (χ0v) is 13.1. The Morgan fingerprint density at radius 2 is 2.14 bits per heavy atom. The lowest BCUT2D eigenvalue weighted by Crippen LogP contribution is -2.37. The molecular formula is C17H22N4O. The number of nitrogens with zero attached hydrogens (tertiary/aromatic N) is 3. The summed E-state index contributed by atoms with van der Waals surface area (Å²) in [6.45, 7) is 4.76. The number of hydrogen-bond donors (Lipinski definition) is 1. The highest BCUT2D eigenvalue weighted by molar-refractivity contribution is 5.92. The lowest BCUT2D eigenvalue weighted by Gasteiger charge is -2.16. The molecule has 5 heteroatoms. The molecule has 1 N–H and O–H groups in total. The molecule has 116 valence electrons. The molecule has 2 aromatic rings. The molecule has 0 saturated carbocycles. The number of amides is 1. The Hall–Kier alpha value is -2.14. The van der Waals surface area contributed by atoms with Gasteiger partial charge in [0.25, 0.3) is 5.91 Å². The maximum atomic E-state index is 12.3. The maximum absolute atomic E-state index is 12.3. The largest absolute Gasteiger partial charge is 0.347 e. The minimum atomic E-state index is -0.0327. The van der Waals surface area contributed by atoms with Crippen LogP contribution < -0.4 is 5.32 Å². The summed E-state index contributed by atoms with van der Waals surface area (Å²) in [6.07, 6.45) is 0.995. The molecule has 5 nitrogen and oxygen atoms in total. The van der Waals surface area contributed by atoms with Crippen molar-refractivity contribution in [3.05, 3.63) is 53.3 Å². The van der Waals surface area contributed by atoms with E-state index in [1.807, 2.05) is 19.1 Å². The summed E-state index contributed by atoms with van der Waals surface area (Å²) in [5, 5.41) is 7.35. The lowest BCUT2D eigenvalue weighted by molar-refractivity contribution is 0.0928. The fourth-order valence-corrected chi connectivity index (χ4v) is 3.02. The first kappa shape index (κ1) is 14.8. The van der Waals surface area contributed by atoms with Crippen molar-refractivity contribution in [2.24, 2.45) is 7.05 Å². The lowest BCUT2D eigenvalue weighted by atomic mass is 10.2. The monoisotopic (exact) mass is 298 g/mol. The predicted octanol–water partition coefficient (Wildman–Crippen LogP) is 1.73. The highest BCUT2D eigenvalue weighted by Gasteiger charge is 2.25. The van der Waals surface area contributed by atoms with Crippen LogP contribution in [-0.2, 0) is 13.6 Å². The van der Waals surface area contributed by atoms with Crippen LogP contribution >= 0.6 is 0 Å². The highest BCUT2D eigenvalue weighted by atomic mass is 16.2. The molecule has 0 radical (unpaired) electrons. The van der Waals surface area contributed by atoms with Gasteiger partial charge in [-0.3, -0.25) is 14.4 Å². The molecule has 1 atom stereocenters. The molecule has 2 heterocycles. The highest BCUT2D eigenvalue weighted by Crippen LogP contribution is 2.14. The van der Waals surface area contributed by atoms with Crippen LogP contribution in [0.25, 0.3) is 0 Å². The number of nitrogens with one attached hydrogen (secondary N) is 1. The molecule has 1 amide bonds. The molecule has 1 saturated heterocycles. The fraction of sp³-hybridized carbons (Fsp3) is 0.412. The number of rotatable bonds is 4. The number of hydrogen-bond acceptors (Lipinski definition) is 3. The molecule has 0 bridgehead atoms. The maximum Gasteiger partial charge on any atom is 0.269 e. The Kier molecular flexibility index (Phi) is 4.24. The van der Waals surface area contributed by atoms with Gasteiger partial charge in [0.05, 0.1) is 5.69 Å². The third kappa shape index (κ3) is 3.36. The van der Waals surface area contributed by atoms with Gasteiger partial charge in [0.2, 0.25) is 0 Å². The Balaban J connectivity index is 1.55. The first-order valence-corrected chi connectivity index (χ1v) is 7.69. The Bertz CT molecular complexity index is 650. The Labute approximate surface area is 130 Å². The van der Waals surface area contributed by atoms with E-state index in [-0.39, 0.29) is 11.9 Å². The molecule has 1 aromatic heterocycles. The molecule has 0 aliphatic carbocycles. The van der Waals surface area contributed by atoms with Crippen LogP contribution in [-0.4, -0.2) is 39.7 Å². The third-order valence-corrected chi connectivity index (χ3v) is 4.09. The van der Waals surface area contributed by atoms with Gasteiger partial charge in [0, 0.05) is 32.7 Å². The summed E-state index contributed by atoms with van der Waals surface area (Å²) in [7, 11) is 1.80. The normalized spacial score (nSPS) is 18.5. The smallest absolute Gasteiger partial charge is 0.269 e. The average molecular weight is 298 g/mol. The number of carbonyl (C=O) groups is 1. The molecule has 3 rings (SSSR count). The molecule has 1 aliphatic rings. The van der Waals surface area contributed by atoms with Gasteiger partial charge < -0.3 is 5.32 Å². The van der Waals surface area contributed by atoms with Crippen molar-refractivity contribution >= 4 is 5.91 Å². The van der Waals surface area contributed by atoms with E-state index < -0.39 is 0 Å². The van der Waals surface area contributed by atoms with E-state index in [0.717, 1.165) is 31.7 Å². The molecule has 22 heavy (non-hydrogen) atoms. The number of aryl methyl sites for hydroxylation is 2. The van der Waals surface area contributed by atoms with E-state index in [0.29, 0.717) is 5.69 Å². The molecule has 0 spiro atoms. The second-order valence-electron chi connectivity index (χ2n) is 5.97. The first-order chi connectivity index (χ1) is 10.6. The third-order valence-electron chi connectivity index (χ3n) is 4.09. The van der Waals surface area contributed by atoms with E-state index in [1.54, 1.807) is 11.7 Å². The van der Waals surface area contributed by atoms with Crippen LogP contribution in [0, 0.1) is 6.92 Å². The van der Waals surface area contributed by atoms with E-state index in [4.69, 9.17) is 0 Å². The van der Waals surface area contributed by atoms with Crippen molar-refractivity contribution in [2.45, 2.75) is 25.9 Å². The Morgan fingerprint density at radius 1 is 1.36 bits per heavy atom. The molecule has 1 fully saturated rings. The number of aromatic nitrogens is 2. The number of likely N-dealkylation sites (tertiary alicyclic amines) is 1. The van der Waals surface area contributed by atoms with E-state index in [1.165, 1.54) is 5.56 Å². The minimum Gasteiger partial charge on any atom is -0.347 e. The standard InChI is InChI=1S/C17H22N4O/c1-13-10-16(20(2)19-13)17(22)18-15-8-9-21(12-15)11-14-6-4-3-5-7-14/h3-7,10,15H,8-9,11-12H2,1-2H3,(H,18,22)/t15-/m1/s1. The summed E-state index contributed by atoms with van der Waals surface area (Å²) >= 11 is 0. The number of benzene rings is 1. The van der Waals surface area contributed by atoms with Gasteiger partial charge in [-0.25, -0.2) is 0 Å². The number of carbonyl (C=O) groups excluding carboxylic acids is 1. The minimum absolute atomic E-state index is 0.0327. The topological polar surface area (TPSA) is 50.2 Å². The van der Waals surface area contributed by atoms with Crippen LogP contribution in [0.1, 0.15) is 28.2 Å². The Morgan fingerprint density at radius 3 is 2.82 bits per heavy atom. The van der Waals surface area contributed by atoms with Crippen molar-refractivity contribution in [2.75, 3.05) is 13.1 Å². The van der Waals surface area contributed by atoms with E-state index in [2.05, 4.69) is 39.6 Å². The van der Waals surface area contributed by atoms with Crippen LogP contribution in [0.2, 0.25) is 0 Å². The summed E-state index contributed by atoms with van der Waals surface area (Å²) < 4.78 is 1.64. The summed E-state index contributed by atoms with van der Waals surface area (Å²) in [5.41, 5.74) is 2.81. The summed E-state index contributed by atoms with van der Waals surface area (Å²) in [6, 6.07) is 12.5. The van der Waals surface area contributed by atoms with Crippen molar-refractivity contribution < 1.29 is 4.79 Å². The van der Waals surface area contributed by atoms with Crippen molar-refractivity contribution in [3.63, 3.8) is 0 Å². The predicted molar refractivity (Wildman–Crippen MR) is 85.5 cm³/mol. The van der Waals surface area contributed by atoms with Crippen LogP contribution in [0.15, 0.2) is 36.4 Å². The van der Waals surface area contributed by atoms with Crippen molar-refractivity contribution in [1.29, 1.82) is 0 Å². The summed E-state index contributed by atoms with van der Waals surface area (Å²) in [4.78, 5) is 14.7. The second kappa shape index (κ2) is 6.32. The van der Waals surface area contributed by atoms with Gasteiger partial charge in [-0.15, -0.1) is 0 Å². The van der Waals surface area contributed by atoms with Gasteiger partial charge >= 0.3 is 0 Å². The molecule has 1 aromatic carbocycles. The van der Waals surface area contributed by atoms with Gasteiger partial charge in [-0.05, 0) is 25.0 Å². The van der Waals surface area contributed by atoms with E-state index >= 15 is 0 Å². The molecule has 1 aliphatic heterocycles. The quantitative estimate of drug-likeness (QED) is 0.935. The average Bonchev–Trinajstić information content (AvgIpc) is 3.06. The SMILES string of the molecule is Cc1cc(C(=O)N[C@@H]2CCN(Cc3ccccc3)C2)n(C)n1. The first-order valence-electron chi connectivity index (χ1n) is 7.69. The molecule has 0 unspecified atom stereocenters. The van der Waals surface area contributed by atoms with E-state index in [9.17, 15) is 4.79 Å². The van der Waals surface area contributed by atoms with Gasteiger partial charge in [-0.2, -0.15) is 5.10 Å². The summed E-state index contributed by atoms with van der Waals surface area (Å²) in [5.74, 6) is -0.0327. The van der Waals surface area contributed by atoms with Gasteiger partial charge in [0.1, 0.15) is 5.69 Å². The van der Waals surface area contributed by atoms with Gasteiger partial charge in [0.15, 0.2) is 0 Å². The van der Waals surface area contributed by atoms with Crippen LogP contribution in [0.5, 0.6) is 0 Å². The van der Waals surface area contributed by atoms with Crippen molar-refractivity contribution in [3.8, 4) is 0 Å².